The maximum absolute atomic E-state index is 5.66. The van der Waals surface area contributed by atoms with E-state index < -0.39 is 0 Å². The summed E-state index contributed by atoms with van der Waals surface area (Å²) in [7, 11) is 0. The maximum atomic E-state index is 5.66. The molecule has 108 valence electrons. The second kappa shape index (κ2) is 10.7. The third-order valence-electron chi connectivity index (χ3n) is 2.69. The molecule has 0 aliphatic rings. The lowest BCUT2D eigenvalue weighted by atomic mass is 10.1. The van der Waals surface area contributed by atoms with E-state index in [2.05, 4.69) is 32.6 Å². The second-order valence-corrected chi connectivity index (χ2v) is 6.23. The molecular weight excluding hydrogens is 244 g/mol. The highest BCUT2D eigenvalue weighted by molar-refractivity contribution is 7.80. The summed E-state index contributed by atoms with van der Waals surface area (Å²) >= 11 is 4.93. The SMILES string of the molecule is CC(C)CCOCCN(CCC(N)=S)CC(C)C. The van der Waals surface area contributed by atoms with Crippen LogP contribution >= 0.6 is 12.2 Å². The van der Waals surface area contributed by atoms with Gasteiger partial charge < -0.3 is 15.4 Å². The summed E-state index contributed by atoms with van der Waals surface area (Å²) in [4.78, 5) is 2.99. The molecule has 0 rings (SSSR count). The zero-order valence-corrected chi connectivity index (χ0v) is 13.3. The van der Waals surface area contributed by atoms with Gasteiger partial charge in [0.1, 0.15) is 0 Å². The van der Waals surface area contributed by atoms with Gasteiger partial charge in [-0.05, 0) is 18.3 Å². The fraction of sp³-hybridized carbons (Fsp3) is 0.929. The van der Waals surface area contributed by atoms with Crippen molar-refractivity contribution in [3.8, 4) is 0 Å². The summed E-state index contributed by atoms with van der Waals surface area (Å²) in [5, 5.41) is 0. The summed E-state index contributed by atoms with van der Waals surface area (Å²) in [6, 6.07) is 0. The molecule has 0 bridgehead atoms. The lowest BCUT2D eigenvalue weighted by Gasteiger charge is -2.24. The summed E-state index contributed by atoms with van der Waals surface area (Å²) in [6.45, 7) is 13.6. The molecule has 0 aliphatic carbocycles. The highest BCUT2D eigenvalue weighted by atomic mass is 32.1. The molecule has 0 aromatic carbocycles. The monoisotopic (exact) mass is 274 g/mol. The Hall–Kier alpha value is -0.190. The minimum absolute atomic E-state index is 0.601. The molecule has 2 N–H and O–H groups in total. The van der Waals surface area contributed by atoms with Crippen molar-refractivity contribution in [2.45, 2.75) is 40.5 Å². The molecule has 0 saturated heterocycles. The lowest BCUT2D eigenvalue weighted by molar-refractivity contribution is 0.0932. The Morgan fingerprint density at radius 3 is 2.28 bits per heavy atom. The highest BCUT2D eigenvalue weighted by Gasteiger charge is 2.07. The molecular formula is C14H30N2OS. The van der Waals surface area contributed by atoms with Gasteiger partial charge >= 0.3 is 0 Å². The van der Waals surface area contributed by atoms with Gasteiger partial charge in [0.15, 0.2) is 0 Å². The van der Waals surface area contributed by atoms with Gasteiger partial charge in [-0.25, -0.2) is 0 Å². The number of nitrogens with two attached hydrogens (primary N) is 1. The maximum Gasteiger partial charge on any atom is 0.0740 e. The zero-order chi connectivity index (χ0) is 14.0. The second-order valence-electron chi connectivity index (χ2n) is 5.71. The number of ether oxygens (including phenoxy) is 1. The first-order valence-electron chi connectivity index (χ1n) is 7.00. The van der Waals surface area contributed by atoms with Crippen LogP contribution < -0.4 is 5.73 Å². The molecule has 0 spiro atoms. The van der Waals surface area contributed by atoms with Crippen molar-refractivity contribution in [3.05, 3.63) is 0 Å². The van der Waals surface area contributed by atoms with E-state index in [0.29, 0.717) is 16.8 Å². The molecule has 18 heavy (non-hydrogen) atoms. The van der Waals surface area contributed by atoms with Crippen LogP contribution in [-0.4, -0.2) is 42.7 Å². The Bertz CT molecular complexity index is 220. The van der Waals surface area contributed by atoms with E-state index in [1.807, 2.05) is 0 Å². The first-order chi connectivity index (χ1) is 8.41. The molecule has 0 unspecified atom stereocenters. The van der Waals surface area contributed by atoms with Crippen molar-refractivity contribution in [2.75, 3.05) is 32.8 Å². The van der Waals surface area contributed by atoms with Crippen LogP contribution in [0.2, 0.25) is 0 Å². The van der Waals surface area contributed by atoms with E-state index in [1.165, 1.54) is 0 Å². The molecule has 0 fully saturated rings. The largest absolute Gasteiger partial charge is 0.393 e. The van der Waals surface area contributed by atoms with Crippen molar-refractivity contribution in [1.29, 1.82) is 0 Å². The third-order valence-corrected chi connectivity index (χ3v) is 2.89. The minimum Gasteiger partial charge on any atom is -0.393 e. The van der Waals surface area contributed by atoms with E-state index in [0.717, 1.165) is 45.7 Å². The summed E-state index contributed by atoms with van der Waals surface area (Å²) in [5.41, 5.74) is 5.55. The van der Waals surface area contributed by atoms with Crippen molar-refractivity contribution in [3.63, 3.8) is 0 Å². The van der Waals surface area contributed by atoms with Crippen LogP contribution in [0.3, 0.4) is 0 Å². The lowest BCUT2D eigenvalue weighted by Crippen LogP contribution is -2.34. The van der Waals surface area contributed by atoms with Crippen LogP contribution in [-0.2, 0) is 4.74 Å². The molecule has 0 aromatic rings. The summed E-state index contributed by atoms with van der Waals surface area (Å²) < 4.78 is 5.66. The topological polar surface area (TPSA) is 38.5 Å². The Morgan fingerprint density at radius 1 is 1.11 bits per heavy atom. The molecule has 0 saturated carbocycles. The van der Waals surface area contributed by atoms with Crippen LogP contribution in [0.4, 0.5) is 0 Å². The van der Waals surface area contributed by atoms with E-state index >= 15 is 0 Å². The molecule has 3 nitrogen and oxygen atoms in total. The Labute approximate surface area is 118 Å². The molecule has 0 heterocycles. The van der Waals surface area contributed by atoms with Crippen LogP contribution in [0, 0.1) is 11.8 Å². The van der Waals surface area contributed by atoms with Crippen molar-refractivity contribution in [1.82, 2.24) is 4.90 Å². The normalized spacial score (nSPS) is 11.7. The van der Waals surface area contributed by atoms with Gasteiger partial charge in [0.25, 0.3) is 0 Å². The van der Waals surface area contributed by atoms with Crippen LogP contribution in [0.25, 0.3) is 0 Å². The Morgan fingerprint density at radius 2 is 1.78 bits per heavy atom. The van der Waals surface area contributed by atoms with Crippen LogP contribution in [0.15, 0.2) is 0 Å². The van der Waals surface area contributed by atoms with Gasteiger partial charge in [-0.15, -0.1) is 0 Å². The number of hydrogen-bond acceptors (Lipinski definition) is 3. The highest BCUT2D eigenvalue weighted by Crippen LogP contribution is 2.02. The molecule has 0 aromatic heterocycles. The summed E-state index contributed by atoms with van der Waals surface area (Å²) in [5.74, 6) is 1.37. The van der Waals surface area contributed by atoms with Gasteiger partial charge in [-0.3, -0.25) is 0 Å². The van der Waals surface area contributed by atoms with Crippen LogP contribution in [0.5, 0.6) is 0 Å². The quantitative estimate of drug-likeness (QED) is 0.464. The van der Waals surface area contributed by atoms with Gasteiger partial charge in [0.05, 0.1) is 11.6 Å². The first kappa shape index (κ1) is 17.8. The van der Waals surface area contributed by atoms with E-state index in [1.54, 1.807) is 0 Å². The molecule has 4 heteroatoms. The average Bonchev–Trinajstić information content (AvgIpc) is 2.23. The molecule has 0 radical (unpaired) electrons. The van der Waals surface area contributed by atoms with Gasteiger partial charge in [0, 0.05) is 32.7 Å². The van der Waals surface area contributed by atoms with Crippen molar-refractivity contribution in [2.24, 2.45) is 17.6 Å². The van der Waals surface area contributed by atoms with Crippen molar-refractivity contribution < 1.29 is 4.74 Å². The number of thiocarbonyl (C=S) groups is 1. The van der Waals surface area contributed by atoms with E-state index in [9.17, 15) is 0 Å². The summed E-state index contributed by atoms with van der Waals surface area (Å²) in [6.07, 6.45) is 1.94. The minimum atomic E-state index is 0.601. The molecule has 0 aliphatic heterocycles. The van der Waals surface area contributed by atoms with Gasteiger partial charge in [-0.2, -0.15) is 0 Å². The molecule has 0 amide bonds. The zero-order valence-electron chi connectivity index (χ0n) is 12.4. The van der Waals surface area contributed by atoms with Crippen LogP contribution in [0.1, 0.15) is 40.5 Å². The van der Waals surface area contributed by atoms with Gasteiger partial charge in [0.2, 0.25) is 0 Å². The Balaban J connectivity index is 3.75. The Kier molecular flexibility index (Phi) is 10.6. The first-order valence-corrected chi connectivity index (χ1v) is 7.41. The number of hydrogen-bond donors (Lipinski definition) is 1. The number of nitrogens with zero attached hydrogens (tertiary/aromatic N) is 1. The molecule has 0 atom stereocenters. The van der Waals surface area contributed by atoms with Crippen molar-refractivity contribution >= 4 is 17.2 Å². The fourth-order valence-electron chi connectivity index (χ4n) is 1.69. The van der Waals surface area contributed by atoms with E-state index in [-0.39, 0.29) is 0 Å². The van der Waals surface area contributed by atoms with E-state index in [4.69, 9.17) is 22.7 Å². The average molecular weight is 274 g/mol. The fourth-order valence-corrected chi connectivity index (χ4v) is 1.79. The third kappa shape index (κ3) is 12.3. The van der Waals surface area contributed by atoms with Gasteiger partial charge in [-0.1, -0.05) is 39.9 Å². The standard InChI is InChI=1S/C14H30N2OS/c1-12(2)6-9-17-10-8-16(11-13(3)4)7-5-14(15)18/h12-13H,5-11H2,1-4H3,(H2,15,18). The smallest absolute Gasteiger partial charge is 0.0740 e. The predicted octanol–water partition coefficient (Wildman–Crippen LogP) is 2.68. The number of rotatable bonds is 11. The predicted molar refractivity (Wildman–Crippen MR) is 83.0 cm³/mol.